The molecule has 0 saturated heterocycles. The summed E-state index contributed by atoms with van der Waals surface area (Å²) in [5.41, 5.74) is 9.04. The molecule has 4 heteroatoms. The molecule has 1 aromatic rings. The first-order valence-electron chi connectivity index (χ1n) is 3.97. The molecular weight excluding hydrogens is 170 g/mol. The maximum absolute atomic E-state index is 5.55. The lowest BCUT2D eigenvalue weighted by Gasteiger charge is -2.15. The zero-order valence-electron chi connectivity index (χ0n) is 7.00. The van der Waals surface area contributed by atoms with Crippen LogP contribution in [0.25, 0.3) is 0 Å². The predicted octanol–water partition coefficient (Wildman–Crippen LogP) is 1.16. The van der Waals surface area contributed by atoms with Gasteiger partial charge in [0, 0.05) is 17.0 Å². The van der Waals surface area contributed by atoms with Crippen LogP contribution < -0.4 is 5.73 Å². The van der Waals surface area contributed by atoms with Crippen molar-refractivity contribution in [1.82, 2.24) is 9.97 Å². The second-order valence-corrected chi connectivity index (χ2v) is 4.00. The third-order valence-electron chi connectivity index (χ3n) is 2.05. The number of nitrogens with zero attached hydrogens (tertiary/aromatic N) is 2. The molecule has 0 saturated carbocycles. The van der Waals surface area contributed by atoms with Gasteiger partial charge in [0.15, 0.2) is 0 Å². The lowest BCUT2D eigenvalue weighted by molar-refractivity contribution is 0.938. The van der Waals surface area contributed by atoms with Crippen LogP contribution in [-0.4, -0.2) is 15.7 Å². The highest BCUT2D eigenvalue weighted by atomic mass is 32.2. The van der Waals surface area contributed by atoms with Crippen LogP contribution in [0.5, 0.6) is 0 Å². The van der Waals surface area contributed by atoms with Crippen molar-refractivity contribution < 1.29 is 0 Å². The van der Waals surface area contributed by atoms with Gasteiger partial charge in [0.2, 0.25) is 5.95 Å². The highest BCUT2D eigenvalue weighted by molar-refractivity contribution is 7.98. The van der Waals surface area contributed by atoms with E-state index in [1.165, 1.54) is 5.56 Å². The number of rotatable bonds is 0. The number of anilines is 1. The number of nitrogen functional groups attached to an aromatic ring is 1. The number of thioether (sulfide) groups is 1. The highest BCUT2D eigenvalue weighted by Crippen LogP contribution is 2.25. The molecule has 1 aliphatic heterocycles. The van der Waals surface area contributed by atoms with Crippen LogP contribution in [0.4, 0.5) is 5.95 Å². The lowest BCUT2D eigenvalue weighted by Crippen LogP contribution is -2.11. The number of fused-ring (bicyclic) bond motifs is 1. The number of nitrogens with two attached hydrogens (primary N) is 1. The van der Waals surface area contributed by atoms with Gasteiger partial charge in [0.25, 0.3) is 0 Å². The molecule has 3 nitrogen and oxygen atoms in total. The summed E-state index contributed by atoms with van der Waals surface area (Å²) in [5.74, 6) is 2.61. The summed E-state index contributed by atoms with van der Waals surface area (Å²) in [6.07, 6.45) is 1.04. The fraction of sp³-hybridized carbons (Fsp3) is 0.500. The molecule has 0 radical (unpaired) electrons. The van der Waals surface area contributed by atoms with E-state index >= 15 is 0 Å². The van der Waals surface area contributed by atoms with Gasteiger partial charge in [-0.15, -0.1) is 0 Å². The zero-order chi connectivity index (χ0) is 8.55. The van der Waals surface area contributed by atoms with Gasteiger partial charge in [-0.1, -0.05) is 0 Å². The fourth-order valence-corrected chi connectivity index (χ4v) is 2.48. The minimum absolute atomic E-state index is 0.415. The number of hydrogen-bond acceptors (Lipinski definition) is 4. The highest BCUT2D eigenvalue weighted by Gasteiger charge is 2.14. The number of aromatic nitrogens is 2. The van der Waals surface area contributed by atoms with Crippen molar-refractivity contribution in [3.05, 3.63) is 17.0 Å². The molecule has 2 N–H and O–H groups in total. The molecule has 0 bridgehead atoms. The molecule has 1 aliphatic rings. The van der Waals surface area contributed by atoms with Crippen molar-refractivity contribution in [2.75, 3.05) is 11.5 Å². The number of hydrogen-bond donors (Lipinski definition) is 1. The Hall–Kier alpha value is -0.770. The van der Waals surface area contributed by atoms with E-state index in [1.807, 2.05) is 18.7 Å². The van der Waals surface area contributed by atoms with Gasteiger partial charge >= 0.3 is 0 Å². The van der Waals surface area contributed by atoms with Crippen molar-refractivity contribution in [2.24, 2.45) is 0 Å². The Kier molecular flexibility index (Phi) is 1.92. The van der Waals surface area contributed by atoms with Crippen molar-refractivity contribution in [1.29, 1.82) is 0 Å². The SMILES string of the molecule is Cc1nc(N)nc2c1CSCC2. The van der Waals surface area contributed by atoms with Crippen molar-refractivity contribution in [3.63, 3.8) is 0 Å². The summed E-state index contributed by atoms with van der Waals surface area (Å²) in [4.78, 5) is 8.37. The molecule has 64 valence electrons. The topological polar surface area (TPSA) is 51.8 Å². The first kappa shape index (κ1) is 7.86. The van der Waals surface area contributed by atoms with Crippen LogP contribution in [0.2, 0.25) is 0 Å². The zero-order valence-corrected chi connectivity index (χ0v) is 7.82. The Bertz CT molecular complexity index is 311. The van der Waals surface area contributed by atoms with Crippen molar-refractivity contribution in [2.45, 2.75) is 19.1 Å². The van der Waals surface area contributed by atoms with Crippen molar-refractivity contribution >= 4 is 17.7 Å². The molecule has 0 aliphatic carbocycles. The van der Waals surface area contributed by atoms with E-state index in [0.717, 1.165) is 29.3 Å². The van der Waals surface area contributed by atoms with E-state index in [-0.39, 0.29) is 0 Å². The van der Waals surface area contributed by atoms with Crippen LogP contribution in [-0.2, 0) is 12.2 Å². The Morgan fingerprint density at radius 2 is 2.25 bits per heavy atom. The van der Waals surface area contributed by atoms with Crippen LogP contribution in [0, 0.1) is 6.92 Å². The summed E-state index contributed by atoms with van der Waals surface area (Å²) in [6, 6.07) is 0. The number of aryl methyl sites for hydroxylation is 2. The van der Waals surface area contributed by atoms with E-state index < -0.39 is 0 Å². The maximum Gasteiger partial charge on any atom is 0.220 e. The first-order chi connectivity index (χ1) is 5.77. The molecule has 2 heterocycles. The molecule has 0 amide bonds. The summed E-state index contributed by atoms with van der Waals surface area (Å²) in [7, 11) is 0. The third-order valence-corrected chi connectivity index (χ3v) is 3.03. The van der Waals surface area contributed by atoms with Gasteiger partial charge < -0.3 is 5.73 Å². The summed E-state index contributed by atoms with van der Waals surface area (Å²) in [6.45, 7) is 2.00. The molecule has 0 unspecified atom stereocenters. The van der Waals surface area contributed by atoms with Gasteiger partial charge in [-0.3, -0.25) is 0 Å². The first-order valence-corrected chi connectivity index (χ1v) is 5.12. The molecule has 1 aromatic heterocycles. The maximum atomic E-state index is 5.55. The van der Waals surface area contributed by atoms with E-state index in [0.29, 0.717) is 5.95 Å². The Morgan fingerprint density at radius 3 is 3.08 bits per heavy atom. The minimum atomic E-state index is 0.415. The third kappa shape index (κ3) is 1.27. The van der Waals surface area contributed by atoms with E-state index in [1.54, 1.807) is 0 Å². The predicted molar refractivity (Wildman–Crippen MR) is 51.0 cm³/mol. The van der Waals surface area contributed by atoms with Gasteiger partial charge in [-0.2, -0.15) is 11.8 Å². The molecule has 0 atom stereocenters. The Labute approximate surface area is 75.8 Å². The van der Waals surface area contributed by atoms with Crippen LogP contribution >= 0.6 is 11.8 Å². The van der Waals surface area contributed by atoms with Gasteiger partial charge in [-0.05, 0) is 19.1 Å². The van der Waals surface area contributed by atoms with E-state index in [4.69, 9.17) is 5.73 Å². The Morgan fingerprint density at radius 1 is 1.42 bits per heavy atom. The van der Waals surface area contributed by atoms with Gasteiger partial charge in [0.1, 0.15) is 0 Å². The van der Waals surface area contributed by atoms with Crippen LogP contribution in [0.3, 0.4) is 0 Å². The smallest absolute Gasteiger partial charge is 0.220 e. The molecule has 0 spiro atoms. The van der Waals surface area contributed by atoms with Crippen molar-refractivity contribution in [3.8, 4) is 0 Å². The van der Waals surface area contributed by atoms with Gasteiger partial charge in [-0.25, -0.2) is 9.97 Å². The fourth-order valence-electron chi connectivity index (χ4n) is 1.42. The largest absolute Gasteiger partial charge is 0.368 e. The van der Waals surface area contributed by atoms with Gasteiger partial charge in [0.05, 0.1) is 5.69 Å². The average Bonchev–Trinajstić information content (AvgIpc) is 2.04. The second kappa shape index (κ2) is 2.94. The molecule has 2 rings (SSSR count). The van der Waals surface area contributed by atoms with E-state index in [9.17, 15) is 0 Å². The van der Waals surface area contributed by atoms with Crippen LogP contribution in [0.1, 0.15) is 17.0 Å². The summed E-state index contributed by atoms with van der Waals surface area (Å²) < 4.78 is 0. The standard InChI is InChI=1S/C8H11N3S/c1-5-6-4-12-3-2-7(6)11-8(9)10-5/h2-4H2,1H3,(H2,9,10,11). The normalized spacial score (nSPS) is 15.8. The monoisotopic (exact) mass is 181 g/mol. The molecule has 0 aromatic carbocycles. The lowest BCUT2D eigenvalue weighted by atomic mass is 10.1. The summed E-state index contributed by atoms with van der Waals surface area (Å²) >= 11 is 1.94. The molecular formula is C8H11N3S. The Balaban J connectivity index is 2.53. The second-order valence-electron chi connectivity index (χ2n) is 2.90. The molecule has 0 fully saturated rings. The quantitative estimate of drug-likeness (QED) is 0.652. The summed E-state index contributed by atoms with van der Waals surface area (Å²) in [5, 5.41) is 0. The molecule has 12 heavy (non-hydrogen) atoms. The minimum Gasteiger partial charge on any atom is -0.368 e. The average molecular weight is 181 g/mol. The van der Waals surface area contributed by atoms with E-state index in [2.05, 4.69) is 9.97 Å². The van der Waals surface area contributed by atoms with Crippen LogP contribution in [0.15, 0.2) is 0 Å².